The maximum absolute atomic E-state index is 14.7. The Kier molecular flexibility index (Phi) is 24.1. The quantitative estimate of drug-likeness (QED) is 0.0339. The van der Waals surface area contributed by atoms with Crippen LogP contribution in [0.25, 0.3) is 0 Å². The predicted octanol–water partition coefficient (Wildman–Crippen LogP) is 12.3. The lowest BCUT2D eigenvalue weighted by molar-refractivity contribution is -0.208. The highest BCUT2D eigenvalue weighted by Gasteiger charge is 2.52. The van der Waals surface area contributed by atoms with Gasteiger partial charge in [-0.25, -0.2) is 9.59 Å². The molecule has 10 rings (SSSR count). The lowest BCUT2D eigenvalue weighted by Gasteiger charge is -2.48. The highest BCUT2D eigenvalue weighted by Crippen LogP contribution is 2.32. The Morgan fingerprint density at radius 1 is 0.341 bits per heavy atom. The first-order chi connectivity index (χ1) is 44.7. The van der Waals surface area contributed by atoms with Crippen LogP contribution in [0.3, 0.4) is 0 Å². The zero-order chi connectivity index (χ0) is 63.0. The van der Waals surface area contributed by atoms with Crippen molar-refractivity contribution in [2.24, 2.45) is 0 Å². The van der Waals surface area contributed by atoms with Crippen molar-refractivity contribution in [3.63, 3.8) is 0 Å². The summed E-state index contributed by atoms with van der Waals surface area (Å²) >= 11 is 0. The molecule has 2 saturated heterocycles. The van der Waals surface area contributed by atoms with Crippen molar-refractivity contribution in [2.75, 3.05) is 36.8 Å². The Bertz CT molecular complexity index is 3250. The van der Waals surface area contributed by atoms with E-state index >= 15 is 0 Å². The average Bonchev–Trinajstić information content (AvgIpc) is 0.993. The number of carbonyl (C=O) groups excluding carboxylic acids is 4. The van der Waals surface area contributed by atoms with Gasteiger partial charge in [-0.3, -0.25) is 9.59 Å². The summed E-state index contributed by atoms with van der Waals surface area (Å²) in [5, 5.41) is 12.1. The molecule has 0 unspecified atom stereocenters. The Morgan fingerprint density at radius 2 is 0.604 bits per heavy atom. The molecule has 6 amide bonds. The number of nitrogens with zero attached hydrogens (tertiary/aromatic N) is 2. The Labute approximate surface area is 534 Å². The number of piperidine rings is 2. The van der Waals surface area contributed by atoms with Crippen LogP contribution in [0.15, 0.2) is 231 Å². The molecule has 4 N–H and O–H groups in total. The van der Waals surface area contributed by atoms with Crippen molar-refractivity contribution >= 4 is 35.3 Å². The molecular formula is C75H82N6O10. The van der Waals surface area contributed by atoms with Gasteiger partial charge in [0, 0.05) is 37.6 Å². The molecule has 2 aliphatic heterocycles. The molecule has 0 saturated carbocycles. The van der Waals surface area contributed by atoms with Gasteiger partial charge in [0.25, 0.3) is 11.8 Å². The van der Waals surface area contributed by atoms with Crippen molar-refractivity contribution < 1.29 is 47.6 Å². The van der Waals surface area contributed by atoms with Crippen LogP contribution >= 0.6 is 0 Å². The third-order valence-electron chi connectivity index (χ3n) is 16.2. The highest BCUT2D eigenvalue weighted by molar-refractivity contribution is 5.90. The Hall–Kier alpha value is -9.00. The molecule has 0 aromatic heterocycles. The molecule has 2 fully saturated rings. The van der Waals surface area contributed by atoms with Crippen molar-refractivity contribution in [3.05, 3.63) is 275 Å². The number of carbonyl (C=O) groups is 4. The fraction of sp³-hybridized carbons (Fsp3) is 0.307. The van der Waals surface area contributed by atoms with E-state index < -0.39 is 60.8 Å². The fourth-order valence-corrected chi connectivity index (χ4v) is 11.6. The zero-order valence-electron chi connectivity index (χ0n) is 51.7. The number of hydrogen-bond acceptors (Lipinski definition) is 10. The second-order valence-corrected chi connectivity index (χ2v) is 22.9. The summed E-state index contributed by atoms with van der Waals surface area (Å²) in [4.78, 5) is 60.6. The summed E-state index contributed by atoms with van der Waals surface area (Å²) in [5.41, 5.74) is 8.82. The molecule has 8 atom stereocenters. The van der Waals surface area contributed by atoms with Crippen LogP contribution in [0.5, 0.6) is 0 Å². The van der Waals surface area contributed by atoms with Gasteiger partial charge in [-0.15, -0.1) is 0 Å². The SMILES string of the molecule is CCCN1C(=O)[C@H](OCc2ccccc2)[C@@H](OCc2ccccc2)[C@H](OCc2ccccc2)[C@H]1CNC(=O)Nc1ccc(Cc2ccc(NC(=O)NC[C@@H]3[C@@H](OCc4ccccc4)[C@H](OCc4ccccc4)[C@@H](OCc4ccccc4)C(=O)N3CCC)cc2)cc1. The maximum atomic E-state index is 14.7. The van der Waals surface area contributed by atoms with E-state index in [1.54, 1.807) is 9.80 Å². The lowest BCUT2D eigenvalue weighted by atomic mass is 9.91. The van der Waals surface area contributed by atoms with E-state index in [1.807, 2.05) is 244 Å². The van der Waals surface area contributed by atoms with Gasteiger partial charge in [-0.1, -0.05) is 220 Å². The standard InChI is InChI=1S/C75H82N6O10/c1-3-43-80-64(66(86-48-56-23-11-5-12-24-56)68(88-50-58-27-15-7-16-28-58)70(72(80)82)90-52-60-31-19-9-20-32-60)46-76-74(84)78-62-39-35-54(36-40-62)45-55-37-41-63(42-38-55)79-75(85)77-47-65-67(87-49-57-25-13-6-14-26-57)69(89-51-59-29-17-8-18-30-59)71(73(83)81(65)44-4-2)91-53-61-33-21-10-22-34-61/h5-42,64-71H,3-4,43-53H2,1-2H3,(H2,76,78,84)(H2,77,79,85)/t64-,65-,66-,67-,68+,69+,70-,71-/m1/s1. The van der Waals surface area contributed by atoms with Crippen LogP contribution in [0.2, 0.25) is 0 Å². The van der Waals surface area contributed by atoms with Crippen molar-refractivity contribution in [1.29, 1.82) is 0 Å². The van der Waals surface area contributed by atoms with Crippen LogP contribution < -0.4 is 21.3 Å². The summed E-state index contributed by atoms with van der Waals surface area (Å²) in [5.74, 6) is -0.449. The number of anilines is 2. The van der Waals surface area contributed by atoms with Gasteiger partial charge in [-0.2, -0.15) is 0 Å². The summed E-state index contributed by atoms with van der Waals surface area (Å²) in [6.07, 6.45) is -3.03. The molecule has 91 heavy (non-hydrogen) atoms. The van der Waals surface area contributed by atoms with Gasteiger partial charge in [0.15, 0.2) is 12.2 Å². The molecule has 8 aromatic carbocycles. The summed E-state index contributed by atoms with van der Waals surface area (Å²) in [6.45, 7) is 6.38. The fourth-order valence-electron chi connectivity index (χ4n) is 11.6. The number of likely N-dealkylation sites (tertiary alicyclic amines) is 2. The highest BCUT2D eigenvalue weighted by atomic mass is 16.6. The molecule has 0 spiro atoms. The predicted molar refractivity (Wildman–Crippen MR) is 351 cm³/mol. The minimum absolute atomic E-state index is 0.0828. The van der Waals surface area contributed by atoms with Gasteiger partial charge >= 0.3 is 12.1 Å². The van der Waals surface area contributed by atoms with Crippen LogP contribution in [0.4, 0.5) is 21.0 Å². The maximum Gasteiger partial charge on any atom is 0.319 e. The monoisotopic (exact) mass is 1230 g/mol. The first-order valence-electron chi connectivity index (χ1n) is 31.5. The summed E-state index contributed by atoms with van der Waals surface area (Å²) in [7, 11) is 0. The van der Waals surface area contributed by atoms with Gasteiger partial charge in [0.1, 0.15) is 24.4 Å². The van der Waals surface area contributed by atoms with Gasteiger partial charge in [-0.05, 0) is 88.0 Å². The number of rotatable bonds is 30. The smallest absolute Gasteiger partial charge is 0.319 e. The first-order valence-corrected chi connectivity index (χ1v) is 31.5. The van der Waals surface area contributed by atoms with E-state index in [0.717, 1.165) is 44.5 Å². The molecule has 472 valence electrons. The Balaban J connectivity index is 0.770. The van der Waals surface area contributed by atoms with Crippen molar-refractivity contribution in [1.82, 2.24) is 20.4 Å². The van der Waals surface area contributed by atoms with Gasteiger partial charge < -0.3 is 59.5 Å². The third kappa shape index (κ3) is 18.6. The molecule has 0 aliphatic carbocycles. The number of ether oxygens (including phenoxy) is 6. The number of amides is 6. The largest absolute Gasteiger partial charge is 0.368 e. The van der Waals surface area contributed by atoms with Crippen molar-refractivity contribution in [3.8, 4) is 0 Å². The van der Waals surface area contributed by atoms with E-state index in [2.05, 4.69) is 21.3 Å². The molecule has 16 heteroatoms. The Morgan fingerprint density at radius 3 is 0.879 bits per heavy atom. The lowest BCUT2D eigenvalue weighted by Crippen LogP contribution is -2.68. The summed E-state index contributed by atoms with van der Waals surface area (Å²) in [6, 6.07) is 72.0. The second-order valence-electron chi connectivity index (χ2n) is 22.9. The van der Waals surface area contributed by atoms with E-state index in [9.17, 15) is 19.2 Å². The molecule has 0 bridgehead atoms. The number of urea groups is 2. The minimum Gasteiger partial charge on any atom is -0.368 e. The third-order valence-corrected chi connectivity index (χ3v) is 16.2. The molecule has 2 heterocycles. The topological polar surface area (TPSA) is 178 Å². The average molecular weight is 1230 g/mol. The number of hydrogen-bond donors (Lipinski definition) is 4. The van der Waals surface area contributed by atoms with Crippen LogP contribution in [0, 0.1) is 0 Å². The van der Waals surface area contributed by atoms with E-state index in [0.29, 0.717) is 43.7 Å². The molecule has 0 radical (unpaired) electrons. The number of benzene rings is 8. The second kappa shape index (κ2) is 33.7. The van der Waals surface area contributed by atoms with Crippen LogP contribution in [-0.2, 0) is 84.1 Å². The van der Waals surface area contributed by atoms with E-state index in [4.69, 9.17) is 28.4 Å². The molecule has 16 nitrogen and oxygen atoms in total. The zero-order valence-corrected chi connectivity index (χ0v) is 51.7. The molecule has 2 aliphatic rings. The van der Waals surface area contributed by atoms with Crippen molar-refractivity contribution in [2.45, 2.75) is 121 Å². The van der Waals surface area contributed by atoms with Crippen LogP contribution in [0.1, 0.15) is 71.2 Å². The van der Waals surface area contributed by atoms with E-state index in [1.165, 1.54) is 0 Å². The van der Waals surface area contributed by atoms with Gasteiger partial charge in [0.2, 0.25) is 0 Å². The number of nitrogens with one attached hydrogen (secondary N) is 4. The normalized spacial score (nSPS) is 19.8. The van der Waals surface area contributed by atoms with Gasteiger partial charge in [0.05, 0.1) is 51.7 Å². The minimum atomic E-state index is -0.979. The summed E-state index contributed by atoms with van der Waals surface area (Å²) < 4.78 is 40.1. The first kappa shape index (κ1) is 65.0. The van der Waals surface area contributed by atoms with E-state index in [-0.39, 0.29) is 64.5 Å². The molecular weight excluding hydrogens is 1140 g/mol. The molecule has 8 aromatic rings. The van der Waals surface area contributed by atoms with Crippen LogP contribution in [-0.4, -0.2) is 109 Å².